The van der Waals surface area contributed by atoms with Gasteiger partial charge in [0.15, 0.2) is 0 Å². The monoisotopic (exact) mass is 1570 g/mol. The van der Waals surface area contributed by atoms with Gasteiger partial charge in [-0.05, 0) is 0 Å². The summed E-state index contributed by atoms with van der Waals surface area (Å²) >= 11 is 0. The first-order chi connectivity index (χ1) is 0. The van der Waals surface area contributed by atoms with Crippen molar-refractivity contribution in [1.82, 2.24) is 0 Å². The average molecular weight is 1560 g/mol. The van der Waals surface area contributed by atoms with E-state index in [1.807, 2.05) is 0 Å². The minimum atomic E-state index is 0. The van der Waals surface area contributed by atoms with Gasteiger partial charge in [0.05, 0.1) is 0 Å². The molecular formula is Eu5Hg4. The van der Waals surface area contributed by atoms with Gasteiger partial charge in [0.2, 0.25) is 0 Å². The summed E-state index contributed by atoms with van der Waals surface area (Å²) in [7, 11) is 0. The first-order valence-electron chi connectivity index (χ1n) is 0. The Balaban J connectivity index is 0. The normalized spacial score (nSPS) is 0. The fourth-order valence-corrected chi connectivity index (χ4v) is 0. The zero-order chi connectivity index (χ0) is 0. The van der Waals surface area contributed by atoms with Crippen LogP contribution < -0.4 is 0 Å². The van der Waals surface area contributed by atoms with Crippen molar-refractivity contribution >= 4 is 0 Å². The van der Waals surface area contributed by atoms with Crippen LogP contribution >= 0.6 is 0 Å². The van der Waals surface area contributed by atoms with Gasteiger partial charge in [-0.25, -0.2) is 0 Å². The predicted octanol–water partition coefficient (Wildman–Crippen LogP) is -0.0100. The molecule has 0 atom stereocenters. The molecule has 5 radical (unpaired) electrons. The first-order valence-corrected chi connectivity index (χ1v) is 0. The van der Waals surface area contributed by atoms with Crippen LogP contribution in [0.15, 0.2) is 0 Å². The van der Waals surface area contributed by atoms with E-state index in [9.17, 15) is 0 Å². The van der Waals surface area contributed by atoms with E-state index in [0.717, 1.165) is 0 Å². The third-order valence-electron chi connectivity index (χ3n) is 0. The zero-order valence-electron chi connectivity index (χ0n) is 4.72. The SMILES string of the molecule is [Eu].[Eu].[Eu].[Eu].[Eu].[Hg].[Hg].[Hg].[Hg]. The molecule has 0 N–H and O–H groups in total. The molecule has 0 saturated heterocycles. The quantitative estimate of drug-likeness (QED) is 0.300. The second-order valence-corrected chi connectivity index (χ2v) is 0. The van der Waals surface area contributed by atoms with Crippen molar-refractivity contribution in [2.45, 2.75) is 0 Å². The Morgan fingerprint density at radius 3 is 0.222 bits per heavy atom. The largest absolute Gasteiger partial charge is 0 e. The van der Waals surface area contributed by atoms with Gasteiger partial charge in [0, 0.05) is 358 Å². The van der Waals surface area contributed by atoms with Gasteiger partial charge in [-0.2, -0.15) is 0 Å². The van der Waals surface area contributed by atoms with Crippen LogP contribution in [0.3, 0.4) is 0 Å². The summed E-state index contributed by atoms with van der Waals surface area (Å²) in [4.78, 5) is 0. The Labute approximate surface area is 343 Å². The minimum absolute atomic E-state index is 0. The van der Waals surface area contributed by atoms with Gasteiger partial charge in [0.25, 0.3) is 0 Å². The second kappa shape index (κ2) is 50.3. The van der Waals surface area contributed by atoms with Crippen molar-refractivity contribution in [3.05, 3.63) is 0 Å². The molecule has 9 heavy (non-hydrogen) atoms. The molecule has 0 unspecified atom stereocenters. The van der Waals surface area contributed by atoms with E-state index in [4.69, 9.17) is 0 Å². The van der Waals surface area contributed by atoms with Gasteiger partial charge < -0.3 is 0 Å². The van der Waals surface area contributed by atoms with Crippen molar-refractivity contribution in [3.63, 3.8) is 0 Å². The summed E-state index contributed by atoms with van der Waals surface area (Å²) in [6.07, 6.45) is 0. The predicted molar refractivity (Wildman–Crippen MR) is 0 cm³/mol. The molecule has 0 fully saturated rings. The van der Waals surface area contributed by atoms with E-state index < -0.39 is 0 Å². The van der Waals surface area contributed by atoms with Crippen molar-refractivity contribution in [2.24, 2.45) is 0 Å². The molecule has 0 aliphatic rings. The molecule has 9 heteroatoms. The number of hydrogen-bond donors (Lipinski definition) is 0. The Bertz CT molecular complexity index is 8.92. The van der Waals surface area contributed by atoms with Crippen molar-refractivity contribution in [2.75, 3.05) is 0 Å². The Kier molecular flexibility index (Phi) is 329. The van der Waals surface area contributed by atoms with Gasteiger partial charge in [0.1, 0.15) is 0 Å². The summed E-state index contributed by atoms with van der Waals surface area (Å²) in [5, 5.41) is 0. The molecule has 0 rings (SSSR count). The Morgan fingerprint density at radius 1 is 0.222 bits per heavy atom. The topological polar surface area (TPSA) is 0 Å². The van der Waals surface area contributed by atoms with Gasteiger partial charge in [-0.3, -0.25) is 0 Å². The van der Waals surface area contributed by atoms with E-state index >= 15 is 0 Å². The molecule has 0 aromatic carbocycles. The van der Waals surface area contributed by atoms with Crippen molar-refractivity contribution < 1.29 is 358 Å². The molecule has 0 nitrogen and oxygen atoms in total. The maximum absolute atomic E-state index is 0. The Morgan fingerprint density at radius 2 is 0.222 bits per heavy atom. The van der Waals surface area contributed by atoms with Crippen molar-refractivity contribution in [3.8, 4) is 0 Å². The van der Waals surface area contributed by atoms with Crippen molar-refractivity contribution in [1.29, 1.82) is 0 Å². The molecule has 43 valence electrons. The third kappa shape index (κ3) is 45.1. The van der Waals surface area contributed by atoms with Crippen LogP contribution in [0.1, 0.15) is 0 Å². The van der Waals surface area contributed by atoms with Crippen LogP contribution in [0.2, 0.25) is 0 Å². The van der Waals surface area contributed by atoms with E-state index in [2.05, 4.69) is 0 Å². The third-order valence-corrected chi connectivity index (χ3v) is 0. The average Bonchev–Trinajstić information content (AvgIpc) is 0. The summed E-state index contributed by atoms with van der Waals surface area (Å²) in [6.45, 7) is 0. The zero-order valence-corrected chi connectivity index (χ0v) is 38.8. The van der Waals surface area contributed by atoms with E-state index in [1.54, 1.807) is 0 Å². The molecule has 0 amide bonds. The first kappa shape index (κ1) is 58.7. The standard InChI is InChI=1S/5Eu.4Hg. The molecule has 0 aromatic rings. The summed E-state index contributed by atoms with van der Waals surface area (Å²) in [6, 6.07) is 0. The van der Waals surface area contributed by atoms with Crippen LogP contribution in [-0.2, 0) is 111 Å². The second-order valence-electron chi connectivity index (χ2n) is 0. The molecule has 0 saturated carbocycles. The molecular weight excluding hydrogens is 1560 g/mol. The number of hydrogen-bond acceptors (Lipinski definition) is 0. The maximum atomic E-state index is 0. The molecule has 0 heterocycles. The summed E-state index contributed by atoms with van der Waals surface area (Å²) in [5.74, 6) is 0. The fourth-order valence-electron chi connectivity index (χ4n) is 0. The van der Waals surface area contributed by atoms with Crippen LogP contribution in [0.5, 0.6) is 0 Å². The molecule has 0 aliphatic carbocycles. The van der Waals surface area contributed by atoms with Gasteiger partial charge in [-0.15, -0.1) is 0 Å². The van der Waals surface area contributed by atoms with Gasteiger partial charge >= 0.3 is 0 Å². The summed E-state index contributed by atoms with van der Waals surface area (Å²) < 4.78 is 0. The summed E-state index contributed by atoms with van der Waals surface area (Å²) in [5.41, 5.74) is 0. The molecule has 0 bridgehead atoms. The minimum Gasteiger partial charge on any atom is 0 e. The smallest absolute Gasteiger partial charge is 0 e. The number of rotatable bonds is 0. The van der Waals surface area contributed by atoms with E-state index in [-0.39, 0.29) is 358 Å². The van der Waals surface area contributed by atoms with E-state index in [1.165, 1.54) is 0 Å². The fraction of sp³-hybridized carbons (Fsp3) is 0. The van der Waals surface area contributed by atoms with E-state index in [0.29, 0.717) is 0 Å². The molecule has 0 aliphatic heterocycles. The maximum Gasteiger partial charge on any atom is 0 e. The Hall–Kier alpha value is 11.7. The van der Waals surface area contributed by atoms with Gasteiger partial charge in [-0.1, -0.05) is 0 Å². The van der Waals surface area contributed by atoms with Crippen LogP contribution in [0.4, 0.5) is 0 Å². The van der Waals surface area contributed by atoms with Crippen LogP contribution in [0, 0.1) is 247 Å². The molecule has 0 aromatic heterocycles. The molecule has 0 spiro atoms. The van der Waals surface area contributed by atoms with Crippen LogP contribution in [-0.4, -0.2) is 0 Å². The van der Waals surface area contributed by atoms with Crippen LogP contribution in [0.25, 0.3) is 0 Å².